The van der Waals surface area contributed by atoms with Crippen LogP contribution in [0.2, 0.25) is 0 Å². The van der Waals surface area contributed by atoms with Crippen LogP contribution in [0.4, 0.5) is 5.69 Å². The van der Waals surface area contributed by atoms with Crippen molar-refractivity contribution in [1.82, 2.24) is 10.2 Å². The standard InChI is InChI=1S/C36H41N3O6S/c1-6-37-36(41)32(22-28-13-8-7-9-14-28)38(24-29-15-11-10-12-27(29)3)35(40)25-39(30-18-16-26(2)17-19-30)46(42,43)31-20-21-33(44-4)34(23-31)45-5/h7-21,23,32H,6,22,24-25H2,1-5H3,(H,37,41)/t32-/m1/s1. The maximum Gasteiger partial charge on any atom is 0.264 e. The minimum Gasteiger partial charge on any atom is -0.493 e. The zero-order valence-electron chi connectivity index (χ0n) is 26.9. The number of benzene rings is 4. The lowest BCUT2D eigenvalue weighted by molar-refractivity contribution is -0.140. The van der Waals surface area contributed by atoms with Crippen molar-refractivity contribution in [3.63, 3.8) is 0 Å². The highest BCUT2D eigenvalue weighted by molar-refractivity contribution is 7.92. The van der Waals surface area contributed by atoms with E-state index < -0.39 is 28.5 Å². The minimum atomic E-state index is -4.30. The summed E-state index contributed by atoms with van der Waals surface area (Å²) in [5, 5.41) is 2.88. The summed E-state index contributed by atoms with van der Waals surface area (Å²) in [5.74, 6) is -0.244. The van der Waals surface area contributed by atoms with Gasteiger partial charge in [0.1, 0.15) is 12.6 Å². The van der Waals surface area contributed by atoms with E-state index in [2.05, 4.69) is 5.32 Å². The van der Waals surface area contributed by atoms with E-state index in [1.807, 2.05) is 75.4 Å². The van der Waals surface area contributed by atoms with Crippen LogP contribution in [0.3, 0.4) is 0 Å². The first-order valence-corrected chi connectivity index (χ1v) is 16.5. The Morgan fingerprint density at radius 1 is 0.826 bits per heavy atom. The summed E-state index contributed by atoms with van der Waals surface area (Å²) in [6.07, 6.45) is 0.247. The first-order valence-electron chi connectivity index (χ1n) is 15.1. The third kappa shape index (κ3) is 8.06. The summed E-state index contributed by atoms with van der Waals surface area (Å²) in [6.45, 7) is 5.59. The number of nitrogens with zero attached hydrogens (tertiary/aromatic N) is 2. The van der Waals surface area contributed by atoms with Gasteiger partial charge in [0, 0.05) is 25.6 Å². The smallest absolute Gasteiger partial charge is 0.264 e. The van der Waals surface area contributed by atoms with Gasteiger partial charge in [-0.1, -0.05) is 72.3 Å². The van der Waals surface area contributed by atoms with Gasteiger partial charge >= 0.3 is 0 Å². The van der Waals surface area contributed by atoms with Crippen molar-refractivity contribution < 1.29 is 27.5 Å². The maximum absolute atomic E-state index is 14.5. The molecule has 0 aliphatic rings. The largest absolute Gasteiger partial charge is 0.493 e. The van der Waals surface area contributed by atoms with Gasteiger partial charge in [0.15, 0.2) is 11.5 Å². The van der Waals surface area contributed by atoms with Gasteiger partial charge in [0.25, 0.3) is 10.0 Å². The number of anilines is 1. The van der Waals surface area contributed by atoms with Gasteiger partial charge in [-0.05, 0) is 61.7 Å². The summed E-state index contributed by atoms with van der Waals surface area (Å²) in [7, 11) is -1.41. The molecule has 0 aliphatic carbocycles. The van der Waals surface area contributed by atoms with Gasteiger partial charge in [-0.3, -0.25) is 13.9 Å². The molecule has 0 radical (unpaired) electrons. The zero-order valence-corrected chi connectivity index (χ0v) is 27.7. The lowest BCUT2D eigenvalue weighted by Gasteiger charge is -2.34. The molecule has 1 atom stereocenters. The van der Waals surface area contributed by atoms with Crippen LogP contribution in [0.15, 0.2) is 102 Å². The van der Waals surface area contributed by atoms with Crippen molar-refractivity contribution in [2.45, 2.75) is 44.7 Å². The topological polar surface area (TPSA) is 105 Å². The second-order valence-electron chi connectivity index (χ2n) is 10.9. The van der Waals surface area contributed by atoms with Gasteiger partial charge < -0.3 is 19.7 Å². The predicted octanol–water partition coefficient (Wildman–Crippen LogP) is 5.29. The molecule has 0 aromatic heterocycles. The molecule has 4 aromatic carbocycles. The molecule has 0 heterocycles. The Balaban J connectivity index is 1.82. The molecule has 10 heteroatoms. The van der Waals surface area contributed by atoms with Crippen molar-refractivity contribution in [2.24, 2.45) is 0 Å². The summed E-state index contributed by atoms with van der Waals surface area (Å²) in [5.41, 5.74) is 3.90. The normalized spacial score (nSPS) is 11.8. The third-order valence-electron chi connectivity index (χ3n) is 7.77. The van der Waals surface area contributed by atoms with Crippen molar-refractivity contribution >= 4 is 27.5 Å². The SMILES string of the molecule is CCNC(=O)[C@@H](Cc1ccccc1)N(Cc1ccccc1C)C(=O)CN(c1ccc(C)cc1)S(=O)(=O)c1ccc(OC)c(OC)c1. The van der Waals surface area contributed by atoms with Crippen molar-refractivity contribution in [2.75, 3.05) is 31.6 Å². The number of hydrogen-bond acceptors (Lipinski definition) is 6. The van der Waals surface area contributed by atoms with Crippen LogP contribution in [0.1, 0.15) is 29.2 Å². The van der Waals surface area contributed by atoms with E-state index in [0.29, 0.717) is 18.0 Å². The van der Waals surface area contributed by atoms with Crippen LogP contribution >= 0.6 is 0 Å². The van der Waals surface area contributed by atoms with Crippen LogP contribution in [0, 0.1) is 13.8 Å². The fourth-order valence-corrected chi connectivity index (χ4v) is 6.59. The summed E-state index contributed by atoms with van der Waals surface area (Å²) < 4.78 is 40.4. The molecule has 0 unspecified atom stereocenters. The molecular formula is C36H41N3O6S. The number of hydrogen-bond donors (Lipinski definition) is 1. The number of nitrogens with one attached hydrogen (secondary N) is 1. The summed E-state index contributed by atoms with van der Waals surface area (Å²) >= 11 is 0. The van der Waals surface area contributed by atoms with E-state index in [9.17, 15) is 18.0 Å². The van der Waals surface area contributed by atoms with Crippen LogP contribution in [-0.4, -0.2) is 58.5 Å². The quantitative estimate of drug-likeness (QED) is 0.200. The van der Waals surface area contributed by atoms with Crippen LogP contribution in [0.25, 0.3) is 0 Å². The van der Waals surface area contributed by atoms with Gasteiger partial charge in [0.05, 0.1) is 24.8 Å². The summed E-state index contributed by atoms with van der Waals surface area (Å²) in [4.78, 5) is 29.6. The maximum atomic E-state index is 14.5. The molecule has 4 rings (SSSR count). The highest BCUT2D eigenvalue weighted by atomic mass is 32.2. The lowest BCUT2D eigenvalue weighted by atomic mass is 10.0. The molecule has 46 heavy (non-hydrogen) atoms. The van der Waals surface area contributed by atoms with E-state index in [4.69, 9.17) is 9.47 Å². The van der Waals surface area contributed by atoms with Crippen molar-refractivity contribution in [3.05, 3.63) is 119 Å². The number of amides is 2. The van der Waals surface area contributed by atoms with Crippen LogP contribution in [-0.2, 0) is 32.6 Å². The monoisotopic (exact) mass is 643 g/mol. The molecular weight excluding hydrogens is 602 g/mol. The zero-order chi connectivity index (χ0) is 33.3. The van der Waals surface area contributed by atoms with E-state index in [-0.39, 0.29) is 29.5 Å². The predicted molar refractivity (Wildman–Crippen MR) is 180 cm³/mol. The molecule has 2 amide bonds. The average Bonchev–Trinajstić information content (AvgIpc) is 3.06. The van der Waals surface area contributed by atoms with E-state index >= 15 is 0 Å². The molecule has 0 fully saturated rings. The van der Waals surface area contributed by atoms with Gasteiger partial charge in [0.2, 0.25) is 11.8 Å². The number of sulfonamides is 1. The number of methoxy groups -OCH3 is 2. The van der Waals surface area contributed by atoms with Crippen LogP contribution < -0.4 is 19.1 Å². The second-order valence-corrected chi connectivity index (χ2v) is 12.8. The summed E-state index contributed by atoms with van der Waals surface area (Å²) in [6, 6.07) is 27.4. The van der Waals surface area contributed by atoms with E-state index in [1.165, 1.54) is 37.3 Å². The number of ether oxygens (including phenoxy) is 2. The molecule has 242 valence electrons. The fourth-order valence-electron chi connectivity index (χ4n) is 5.16. The number of likely N-dealkylation sites (N-methyl/N-ethyl adjacent to an activating group) is 1. The molecule has 1 N–H and O–H groups in total. The van der Waals surface area contributed by atoms with Gasteiger partial charge in [-0.15, -0.1) is 0 Å². The van der Waals surface area contributed by atoms with Crippen molar-refractivity contribution in [3.8, 4) is 11.5 Å². The Bertz CT molecular complexity index is 1740. The Kier molecular flexibility index (Phi) is 11.4. The number of carbonyl (C=O) groups is 2. The molecule has 0 saturated carbocycles. The first-order chi connectivity index (χ1) is 22.1. The number of rotatable bonds is 14. The molecule has 0 bridgehead atoms. The fraction of sp³-hybridized carbons (Fsp3) is 0.278. The number of aryl methyl sites for hydroxylation is 2. The van der Waals surface area contributed by atoms with Crippen molar-refractivity contribution in [1.29, 1.82) is 0 Å². The third-order valence-corrected chi connectivity index (χ3v) is 9.54. The van der Waals surface area contributed by atoms with Gasteiger partial charge in [-0.25, -0.2) is 8.42 Å². The Morgan fingerprint density at radius 2 is 1.48 bits per heavy atom. The first kappa shape index (κ1) is 34.1. The number of carbonyl (C=O) groups excluding carboxylic acids is 2. The average molecular weight is 644 g/mol. The molecule has 0 spiro atoms. The molecule has 4 aromatic rings. The molecule has 9 nitrogen and oxygen atoms in total. The van der Waals surface area contributed by atoms with E-state index in [0.717, 1.165) is 26.6 Å². The Hall–Kier alpha value is -4.83. The van der Waals surface area contributed by atoms with E-state index in [1.54, 1.807) is 24.3 Å². The Morgan fingerprint density at radius 3 is 2.11 bits per heavy atom. The second kappa shape index (κ2) is 15.4. The van der Waals surface area contributed by atoms with Crippen LogP contribution in [0.5, 0.6) is 11.5 Å². The Labute approximate surface area is 271 Å². The minimum absolute atomic E-state index is 0.0754. The lowest BCUT2D eigenvalue weighted by Crippen LogP contribution is -2.53. The highest BCUT2D eigenvalue weighted by Gasteiger charge is 2.35. The molecule has 0 aliphatic heterocycles. The highest BCUT2D eigenvalue weighted by Crippen LogP contribution is 2.32. The molecule has 0 saturated heterocycles. The van der Waals surface area contributed by atoms with Gasteiger partial charge in [-0.2, -0.15) is 0 Å².